The van der Waals surface area contributed by atoms with Crippen LogP contribution in [0.4, 0.5) is 0 Å². The average Bonchev–Trinajstić information content (AvgIpc) is 3.12. The van der Waals surface area contributed by atoms with Crippen molar-refractivity contribution in [3.63, 3.8) is 0 Å². The van der Waals surface area contributed by atoms with E-state index in [-0.39, 0.29) is 24.3 Å². The fourth-order valence-corrected chi connectivity index (χ4v) is 1.96. The molecule has 0 aromatic carbocycles. The zero-order valence-electron chi connectivity index (χ0n) is 13.8. The molecule has 0 aliphatic heterocycles. The highest BCUT2D eigenvalue weighted by atomic mass is 16.2. The van der Waals surface area contributed by atoms with Gasteiger partial charge in [0.15, 0.2) is 0 Å². The van der Waals surface area contributed by atoms with Gasteiger partial charge in [0.25, 0.3) is 0 Å². The number of pyridine rings is 1. The summed E-state index contributed by atoms with van der Waals surface area (Å²) in [6.07, 6.45) is 6.78. The zero-order valence-corrected chi connectivity index (χ0v) is 13.8. The Morgan fingerprint density at radius 2 is 2.08 bits per heavy atom. The van der Waals surface area contributed by atoms with Crippen LogP contribution in [0.1, 0.15) is 19.4 Å². The number of imidazole rings is 1. The maximum Gasteiger partial charge on any atom is 0.239 e. The third-order valence-electron chi connectivity index (χ3n) is 3.51. The quantitative estimate of drug-likeness (QED) is 0.660. The molecule has 0 aliphatic carbocycles. The van der Waals surface area contributed by atoms with E-state index in [2.05, 4.69) is 20.6 Å². The van der Waals surface area contributed by atoms with Crippen LogP contribution in [0.15, 0.2) is 37.1 Å². The lowest BCUT2D eigenvalue weighted by molar-refractivity contribution is -0.127. The van der Waals surface area contributed by atoms with Gasteiger partial charge < -0.3 is 16.4 Å². The van der Waals surface area contributed by atoms with E-state index in [0.29, 0.717) is 6.54 Å². The largest absolute Gasteiger partial charge is 0.350 e. The second kappa shape index (κ2) is 8.21. The third-order valence-corrected chi connectivity index (χ3v) is 3.51. The van der Waals surface area contributed by atoms with Crippen molar-refractivity contribution in [1.82, 2.24) is 25.2 Å². The fourth-order valence-electron chi connectivity index (χ4n) is 1.96. The maximum atomic E-state index is 11.8. The standard InChI is InChI=1S/C16H22N6O2/c1-11(2)15(17)16(24)21-9-14(23)20-8-12-3-4-19-13(7-12)22-6-5-18-10-22/h3-7,10-11,15H,8-9,17H2,1-2H3,(H,20,23)(H,21,24)/t15-/m0/s1. The number of rotatable bonds is 7. The highest BCUT2D eigenvalue weighted by Crippen LogP contribution is 2.06. The van der Waals surface area contributed by atoms with Crippen LogP contribution in [0, 0.1) is 5.92 Å². The second-order valence-electron chi connectivity index (χ2n) is 5.76. The first-order chi connectivity index (χ1) is 11.5. The number of aromatic nitrogens is 3. The van der Waals surface area contributed by atoms with Crippen molar-refractivity contribution in [1.29, 1.82) is 0 Å². The number of nitrogens with zero attached hydrogens (tertiary/aromatic N) is 3. The first kappa shape index (κ1) is 17.6. The van der Waals surface area contributed by atoms with Crippen molar-refractivity contribution < 1.29 is 9.59 Å². The first-order valence-corrected chi connectivity index (χ1v) is 7.70. The number of hydrogen-bond acceptors (Lipinski definition) is 5. The van der Waals surface area contributed by atoms with Crippen molar-refractivity contribution in [3.8, 4) is 5.82 Å². The Hall–Kier alpha value is -2.74. The number of nitrogens with two attached hydrogens (primary N) is 1. The predicted molar refractivity (Wildman–Crippen MR) is 89.0 cm³/mol. The summed E-state index contributed by atoms with van der Waals surface area (Å²) >= 11 is 0. The minimum absolute atomic E-state index is 0.0199. The van der Waals surface area contributed by atoms with E-state index in [1.165, 1.54) is 0 Å². The molecule has 0 aliphatic rings. The van der Waals surface area contributed by atoms with Crippen molar-refractivity contribution >= 4 is 11.8 Å². The first-order valence-electron chi connectivity index (χ1n) is 7.70. The maximum absolute atomic E-state index is 11.8. The Kier molecular flexibility index (Phi) is 6.02. The molecule has 8 heteroatoms. The van der Waals surface area contributed by atoms with Crippen molar-refractivity contribution in [3.05, 3.63) is 42.6 Å². The molecule has 128 valence electrons. The van der Waals surface area contributed by atoms with Crippen LogP contribution in [0.5, 0.6) is 0 Å². The van der Waals surface area contributed by atoms with E-state index in [1.807, 2.05) is 26.0 Å². The number of carbonyl (C=O) groups excluding carboxylic acids is 2. The minimum Gasteiger partial charge on any atom is -0.350 e. The van der Waals surface area contributed by atoms with Crippen LogP contribution in [-0.4, -0.2) is 38.9 Å². The van der Waals surface area contributed by atoms with E-state index in [1.54, 1.807) is 29.5 Å². The van der Waals surface area contributed by atoms with Crippen molar-refractivity contribution in [2.75, 3.05) is 6.54 Å². The van der Waals surface area contributed by atoms with Gasteiger partial charge in [0.2, 0.25) is 11.8 Å². The van der Waals surface area contributed by atoms with Gasteiger partial charge in [-0.25, -0.2) is 9.97 Å². The highest BCUT2D eigenvalue weighted by Gasteiger charge is 2.17. The molecule has 0 fully saturated rings. The highest BCUT2D eigenvalue weighted by molar-refractivity contribution is 5.87. The second-order valence-corrected chi connectivity index (χ2v) is 5.76. The molecule has 0 bridgehead atoms. The van der Waals surface area contributed by atoms with Crippen LogP contribution in [0.2, 0.25) is 0 Å². The summed E-state index contributed by atoms with van der Waals surface area (Å²) in [6.45, 7) is 3.95. The molecule has 2 aromatic heterocycles. The molecule has 0 saturated heterocycles. The monoisotopic (exact) mass is 330 g/mol. The van der Waals surface area contributed by atoms with E-state index >= 15 is 0 Å². The van der Waals surface area contributed by atoms with Gasteiger partial charge in [-0.15, -0.1) is 0 Å². The summed E-state index contributed by atoms with van der Waals surface area (Å²) in [7, 11) is 0. The zero-order chi connectivity index (χ0) is 17.5. The molecule has 24 heavy (non-hydrogen) atoms. The van der Waals surface area contributed by atoms with Crippen LogP contribution in [0.25, 0.3) is 5.82 Å². The Bertz CT molecular complexity index is 684. The SMILES string of the molecule is CC(C)[C@H](N)C(=O)NCC(=O)NCc1ccnc(-n2ccnc2)c1. The number of carbonyl (C=O) groups is 2. The molecule has 8 nitrogen and oxygen atoms in total. The van der Waals surface area contributed by atoms with Crippen LogP contribution < -0.4 is 16.4 Å². The van der Waals surface area contributed by atoms with Gasteiger partial charge in [0.1, 0.15) is 12.1 Å². The van der Waals surface area contributed by atoms with E-state index in [0.717, 1.165) is 11.4 Å². The normalized spacial score (nSPS) is 12.0. The smallest absolute Gasteiger partial charge is 0.239 e. The molecule has 1 atom stereocenters. The van der Waals surface area contributed by atoms with Crippen molar-refractivity contribution in [2.45, 2.75) is 26.4 Å². The summed E-state index contributed by atoms with van der Waals surface area (Å²) in [6, 6.07) is 3.05. The van der Waals surface area contributed by atoms with E-state index in [9.17, 15) is 9.59 Å². The van der Waals surface area contributed by atoms with E-state index < -0.39 is 6.04 Å². The summed E-state index contributed by atoms with van der Waals surface area (Å²) < 4.78 is 1.78. The van der Waals surface area contributed by atoms with Gasteiger partial charge in [-0.05, 0) is 23.6 Å². The lowest BCUT2D eigenvalue weighted by Crippen LogP contribution is -2.47. The predicted octanol–water partition coefficient (Wildman–Crippen LogP) is -0.0170. The van der Waals surface area contributed by atoms with Gasteiger partial charge in [0.05, 0.1) is 12.6 Å². The minimum atomic E-state index is -0.615. The number of hydrogen-bond donors (Lipinski definition) is 3. The Morgan fingerprint density at radius 3 is 2.75 bits per heavy atom. The lowest BCUT2D eigenvalue weighted by Gasteiger charge is -2.15. The van der Waals surface area contributed by atoms with Gasteiger partial charge >= 0.3 is 0 Å². The molecule has 2 heterocycles. The van der Waals surface area contributed by atoms with Gasteiger partial charge in [-0.1, -0.05) is 13.8 Å². The van der Waals surface area contributed by atoms with Crippen molar-refractivity contribution in [2.24, 2.45) is 11.7 Å². The Balaban J connectivity index is 1.82. The summed E-state index contributed by atoms with van der Waals surface area (Å²) in [5.74, 6) is 0.133. The number of nitrogens with one attached hydrogen (secondary N) is 2. The molecule has 0 spiro atoms. The van der Waals surface area contributed by atoms with Gasteiger partial charge in [0, 0.05) is 25.1 Å². The van der Waals surface area contributed by atoms with Gasteiger partial charge in [-0.3, -0.25) is 14.2 Å². The van der Waals surface area contributed by atoms with Crippen LogP contribution in [-0.2, 0) is 16.1 Å². The van der Waals surface area contributed by atoms with Crippen LogP contribution in [0.3, 0.4) is 0 Å². The van der Waals surface area contributed by atoms with E-state index in [4.69, 9.17) is 5.73 Å². The molecular formula is C16H22N6O2. The molecule has 2 rings (SSSR count). The molecular weight excluding hydrogens is 308 g/mol. The summed E-state index contributed by atoms with van der Waals surface area (Å²) in [5, 5.41) is 5.28. The average molecular weight is 330 g/mol. The molecule has 2 aromatic rings. The molecule has 0 saturated carbocycles. The molecule has 0 unspecified atom stereocenters. The molecule has 4 N–H and O–H groups in total. The molecule has 2 amide bonds. The molecule has 0 radical (unpaired) electrons. The Morgan fingerprint density at radius 1 is 1.29 bits per heavy atom. The topological polar surface area (TPSA) is 115 Å². The van der Waals surface area contributed by atoms with Crippen LogP contribution >= 0.6 is 0 Å². The number of amides is 2. The summed E-state index contributed by atoms with van der Waals surface area (Å²) in [5.41, 5.74) is 6.61. The fraction of sp³-hybridized carbons (Fsp3) is 0.375. The Labute approximate surface area is 140 Å². The third kappa shape index (κ3) is 4.88. The summed E-state index contributed by atoms with van der Waals surface area (Å²) in [4.78, 5) is 31.8. The lowest BCUT2D eigenvalue weighted by atomic mass is 10.1. The van der Waals surface area contributed by atoms with Gasteiger partial charge in [-0.2, -0.15) is 0 Å².